The van der Waals surface area contributed by atoms with E-state index in [1.807, 2.05) is 12.1 Å². The molecular formula is C21H19ClF3N3O4S. The van der Waals surface area contributed by atoms with Crippen LogP contribution in [0.25, 0.3) is 11.3 Å². The van der Waals surface area contributed by atoms with Crippen molar-refractivity contribution in [3.05, 3.63) is 70.6 Å². The van der Waals surface area contributed by atoms with E-state index in [9.17, 15) is 28.5 Å². The Kier molecular flexibility index (Phi) is 7.27. The number of rotatable bonds is 6. The number of thioether (sulfide) groups is 1. The fourth-order valence-electron chi connectivity index (χ4n) is 3.54. The Hall–Kier alpha value is -2.15. The Bertz CT molecular complexity index is 1100. The number of halogens is 4. The lowest BCUT2D eigenvalue weighted by Crippen LogP contribution is -2.55. The molecule has 0 bridgehead atoms. The molecule has 1 aliphatic rings. The smallest absolute Gasteiger partial charge is 0.194 e. The average molecular weight is 502 g/mol. The van der Waals surface area contributed by atoms with Crippen molar-refractivity contribution in [2.75, 3.05) is 6.61 Å². The molecule has 3 aromatic rings. The monoisotopic (exact) mass is 501 g/mol. The third kappa shape index (κ3) is 5.03. The van der Waals surface area contributed by atoms with Crippen molar-refractivity contribution in [2.24, 2.45) is 0 Å². The molecular weight excluding hydrogens is 483 g/mol. The third-order valence-corrected chi connectivity index (χ3v) is 6.74. The van der Waals surface area contributed by atoms with E-state index in [0.717, 1.165) is 22.4 Å². The first-order chi connectivity index (χ1) is 15.8. The van der Waals surface area contributed by atoms with Crippen LogP contribution in [0, 0.1) is 17.5 Å². The Labute approximate surface area is 195 Å². The number of benzene rings is 2. The van der Waals surface area contributed by atoms with E-state index in [-0.39, 0.29) is 11.3 Å². The Balaban J connectivity index is 1.57. The molecule has 7 nitrogen and oxygen atoms in total. The molecule has 1 aromatic heterocycles. The van der Waals surface area contributed by atoms with E-state index < -0.39 is 53.8 Å². The minimum atomic E-state index is -1.60. The van der Waals surface area contributed by atoms with Gasteiger partial charge in [-0.3, -0.25) is 0 Å². The minimum absolute atomic E-state index is 0.00427. The summed E-state index contributed by atoms with van der Waals surface area (Å²) in [5.74, 6) is -3.92. The Morgan fingerprint density at radius 1 is 1.06 bits per heavy atom. The van der Waals surface area contributed by atoms with Gasteiger partial charge < -0.3 is 20.1 Å². The molecule has 1 aliphatic heterocycles. The summed E-state index contributed by atoms with van der Waals surface area (Å²) < 4.78 is 47.3. The average Bonchev–Trinajstić information content (AvgIpc) is 3.27. The van der Waals surface area contributed by atoms with Gasteiger partial charge in [-0.15, -0.1) is 16.9 Å². The van der Waals surface area contributed by atoms with E-state index >= 15 is 0 Å². The van der Waals surface area contributed by atoms with E-state index in [4.69, 9.17) is 16.3 Å². The van der Waals surface area contributed by atoms with Crippen LogP contribution in [0.4, 0.5) is 13.2 Å². The number of hydrogen-bond acceptors (Lipinski definition) is 7. The first-order valence-corrected chi connectivity index (χ1v) is 11.3. The molecule has 0 saturated carbocycles. The molecule has 0 spiro atoms. The van der Waals surface area contributed by atoms with E-state index in [1.54, 1.807) is 12.1 Å². The molecule has 3 N–H and O–H groups in total. The molecule has 176 valence electrons. The van der Waals surface area contributed by atoms with Gasteiger partial charge in [0.15, 0.2) is 17.5 Å². The standard InChI is InChI=1S/C21H19ClF3N3O4S/c22-12-3-1-10(2-4-12)9-33-21-20(31)18(19(30)16(8-29)32-21)28-7-15(26-27-28)11-5-13(23)17(25)14(24)6-11/h1-7,16,18-21,29-31H,8-9H2/t16?,18?,19-,20-,21+/m0/s1. The molecule has 12 heteroatoms. The molecule has 2 heterocycles. The summed E-state index contributed by atoms with van der Waals surface area (Å²) in [4.78, 5) is 0. The van der Waals surface area contributed by atoms with Crippen molar-refractivity contribution in [1.82, 2.24) is 15.0 Å². The second-order valence-corrected chi connectivity index (χ2v) is 9.00. The molecule has 33 heavy (non-hydrogen) atoms. The van der Waals surface area contributed by atoms with Crippen LogP contribution >= 0.6 is 23.4 Å². The summed E-state index contributed by atoms with van der Waals surface area (Å²) in [6.07, 6.45) is -2.37. The number of ether oxygens (including phenoxy) is 1. The molecule has 5 atom stereocenters. The minimum Gasteiger partial charge on any atom is -0.394 e. The van der Waals surface area contributed by atoms with Gasteiger partial charge in [0.05, 0.1) is 12.8 Å². The largest absolute Gasteiger partial charge is 0.394 e. The lowest BCUT2D eigenvalue weighted by molar-refractivity contribution is -0.178. The maximum atomic E-state index is 13.6. The summed E-state index contributed by atoms with van der Waals surface area (Å²) >= 11 is 7.15. The molecule has 2 unspecified atom stereocenters. The van der Waals surface area contributed by atoms with Gasteiger partial charge >= 0.3 is 0 Å². The zero-order valence-corrected chi connectivity index (χ0v) is 18.4. The predicted octanol–water partition coefficient (Wildman–Crippen LogP) is 2.93. The first kappa shape index (κ1) is 24.0. The number of nitrogens with zero attached hydrogens (tertiary/aromatic N) is 3. The molecule has 4 rings (SSSR count). The maximum Gasteiger partial charge on any atom is 0.194 e. The van der Waals surface area contributed by atoms with Gasteiger partial charge in [0.25, 0.3) is 0 Å². The van der Waals surface area contributed by atoms with Gasteiger partial charge in [0, 0.05) is 16.3 Å². The van der Waals surface area contributed by atoms with Gasteiger partial charge in [-0.05, 0) is 29.8 Å². The SMILES string of the molecule is OCC1O[C@H](SCc2ccc(Cl)cc2)[C@@H](O)C(n2cc(-c3cc(F)c(F)c(F)c3)nn2)[C@H]1O. The highest BCUT2D eigenvalue weighted by molar-refractivity contribution is 7.99. The van der Waals surface area contributed by atoms with Crippen LogP contribution in [0.5, 0.6) is 0 Å². The van der Waals surface area contributed by atoms with Gasteiger partial charge in [-0.1, -0.05) is 28.9 Å². The second-order valence-electron chi connectivity index (χ2n) is 7.47. The van der Waals surface area contributed by atoms with Crippen LogP contribution in [0.3, 0.4) is 0 Å². The molecule has 2 aromatic carbocycles. The normalized spacial score (nSPS) is 25.4. The quantitative estimate of drug-likeness (QED) is 0.446. The van der Waals surface area contributed by atoms with Gasteiger partial charge in [-0.25, -0.2) is 17.9 Å². The molecule has 0 amide bonds. The number of aliphatic hydroxyl groups is 3. The molecule has 0 radical (unpaired) electrons. The lowest BCUT2D eigenvalue weighted by atomic mass is 9.97. The number of hydrogen-bond donors (Lipinski definition) is 3. The number of aliphatic hydroxyl groups excluding tert-OH is 3. The fourth-order valence-corrected chi connectivity index (χ4v) is 4.79. The maximum absolute atomic E-state index is 13.6. The van der Waals surface area contributed by atoms with Crippen LogP contribution in [-0.4, -0.2) is 60.7 Å². The summed E-state index contributed by atoms with van der Waals surface area (Å²) in [7, 11) is 0. The fraction of sp³-hybridized carbons (Fsp3) is 0.333. The lowest BCUT2D eigenvalue weighted by Gasteiger charge is -2.41. The summed E-state index contributed by atoms with van der Waals surface area (Å²) in [5, 5.41) is 39.5. The topological polar surface area (TPSA) is 101 Å². The van der Waals surface area contributed by atoms with Crippen molar-refractivity contribution < 1.29 is 33.2 Å². The van der Waals surface area contributed by atoms with Crippen LogP contribution < -0.4 is 0 Å². The third-order valence-electron chi connectivity index (χ3n) is 5.27. The number of aromatic nitrogens is 3. The van der Waals surface area contributed by atoms with E-state index in [1.165, 1.54) is 18.0 Å². The van der Waals surface area contributed by atoms with Crippen molar-refractivity contribution >= 4 is 23.4 Å². The molecule has 1 fully saturated rings. The van der Waals surface area contributed by atoms with Gasteiger partial charge in [-0.2, -0.15) is 0 Å². The molecule has 1 saturated heterocycles. The van der Waals surface area contributed by atoms with Gasteiger partial charge in [0.2, 0.25) is 0 Å². The van der Waals surface area contributed by atoms with Crippen LogP contribution in [-0.2, 0) is 10.5 Å². The van der Waals surface area contributed by atoms with Crippen molar-refractivity contribution in [1.29, 1.82) is 0 Å². The highest BCUT2D eigenvalue weighted by Crippen LogP contribution is 2.36. The van der Waals surface area contributed by atoms with Crippen molar-refractivity contribution in [3.8, 4) is 11.3 Å². The second kappa shape index (κ2) is 10.00. The Morgan fingerprint density at radius 2 is 1.73 bits per heavy atom. The van der Waals surface area contributed by atoms with Crippen molar-refractivity contribution in [2.45, 2.75) is 35.5 Å². The highest BCUT2D eigenvalue weighted by atomic mass is 35.5. The zero-order valence-electron chi connectivity index (χ0n) is 16.9. The van der Waals surface area contributed by atoms with E-state index in [2.05, 4.69) is 10.3 Å². The van der Waals surface area contributed by atoms with Crippen molar-refractivity contribution in [3.63, 3.8) is 0 Å². The van der Waals surface area contributed by atoms with Crippen LogP contribution in [0.2, 0.25) is 5.02 Å². The van der Waals surface area contributed by atoms with Crippen LogP contribution in [0.15, 0.2) is 42.6 Å². The zero-order chi connectivity index (χ0) is 23.7. The Morgan fingerprint density at radius 3 is 2.36 bits per heavy atom. The van der Waals surface area contributed by atoms with Crippen LogP contribution in [0.1, 0.15) is 11.6 Å². The molecule has 0 aliphatic carbocycles. The van der Waals surface area contributed by atoms with Gasteiger partial charge in [0.1, 0.15) is 35.5 Å². The summed E-state index contributed by atoms with van der Waals surface area (Å²) in [6.45, 7) is -0.516. The first-order valence-electron chi connectivity index (χ1n) is 9.83. The summed E-state index contributed by atoms with van der Waals surface area (Å²) in [6, 6.07) is 7.58. The van der Waals surface area contributed by atoms with E-state index in [0.29, 0.717) is 10.8 Å². The predicted molar refractivity (Wildman–Crippen MR) is 115 cm³/mol. The highest BCUT2D eigenvalue weighted by Gasteiger charge is 2.46. The summed E-state index contributed by atoms with van der Waals surface area (Å²) in [5.41, 5.74) is 0.0251.